The molecule has 0 radical (unpaired) electrons. The lowest BCUT2D eigenvalue weighted by molar-refractivity contribution is 0.0491. The van der Waals surface area contributed by atoms with Crippen LogP contribution >= 0.6 is 7.60 Å². The molecule has 120 valence electrons. The summed E-state index contributed by atoms with van der Waals surface area (Å²) in [5.74, 6) is 1.11. The lowest BCUT2D eigenvalue weighted by Gasteiger charge is -2.18. The minimum Gasteiger partial charge on any atom is -0.493 e. The van der Waals surface area contributed by atoms with E-state index < -0.39 is 7.60 Å². The van der Waals surface area contributed by atoms with Crippen molar-refractivity contribution in [1.29, 1.82) is 0 Å². The third-order valence-electron chi connectivity index (χ3n) is 2.59. The summed E-state index contributed by atoms with van der Waals surface area (Å²) in [4.78, 5) is 0. The monoisotopic (exact) mass is 318 g/mol. The highest BCUT2D eigenvalue weighted by atomic mass is 31.2. The molecule has 0 aliphatic heterocycles. The van der Waals surface area contributed by atoms with Gasteiger partial charge in [-0.25, -0.2) is 0 Å². The molecule has 0 aromatic heterocycles. The maximum Gasteiger partial charge on any atom is 0.335 e. The second-order valence-electron chi connectivity index (χ2n) is 4.14. The fourth-order valence-corrected chi connectivity index (χ4v) is 3.49. The van der Waals surface area contributed by atoms with Gasteiger partial charge in [0, 0.05) is 7.11 Å². The highest BCUT2D eigenvalue weighted by Gasteiger charge is 2.24. The molecule has 0 aliphatic rings. The summed E-state index contributed by atoms with van der Waals surface area (Å²) in [6.07, 6.45) is 0.190. The van der Waals surface area contributed by atoms with Crippen molar-refractivity contribution >= 4 is 7.60 Å². The summed E-state index contributed by atoms with van der Waals surface area (Å²) in [5, 5.41) is 0. The van der Waals surface area contributed by atoms with Gasteiger partial charge in [-0.1, -0.05) is 6.07 Å². The Hall–Kier alpha value is -1.07. The van der Waals surface area contributed by atoms with Crippen LogP contribution in [-0.2, 0) is 24.5 Å². The first-order valence-corrected chi connectivity index (χ1v) is 8.48. The van der Waals surface area contributed by atoms with E-state index >= 15 is 0 Å². The van der Waals surface area contributed by atoms with Gasteiger partial charge in [0.2, 0.25) is 0 Å². The molecule has 0 N–H and O–H groups in total. The van der Waals surface area contributed by atoms with Crippen molar-refractivity contribution in [2.45, 2.75) is 20.0 Å². The molecule has 0 atom stereocenters. The first kappa shape index (κ1) is 18.0. The van der Waals surface area contributed by atoms with E-state index in [1.54, 1.807) is 46.3 Å². The van der Waals surface area contributed by atoms with Gasteiger partial charge in [-0.15, -0.1) is 0 Å². The Balaban J connectivity index is 2.90. The highest BCUT2D eigenvalue weighted by molar-refractivity contribution is 7.53. The molecular weight excluding hydrogens is 295 g/mol. The normalized spacial score (nSPS) is 11.4. The zero-order valence-electron chi connectivity index (χ0n) is 13.0. The van der Waals surface area contributed by atoms with Gasteiger partial charge in [0.1, 0.15) is 0 Å². The Bertz CT molecular complexity index is 467. The van der Waals surface area contributed by atoms with Gasteiger partial charge in [-0.3, -0.25) is 4.57 Å². The van der Waals surface area contributed by atoms with Crippen LogP contribution in [0.1, 0.15) is 19.4 Å². The Labute approximate surface area is 125 Å². The standard InChI is InChI=1S/C14H23O6P/c1-5-19-21(15,20-6-2)10-12-7-8-13(18-11-16-3)14(9-12)17-4/h7-9H,5-6,10-11H2,1-4H3. The summed E-state index contributed by atoms with van der Waals surface area (Å²) in [7, 11) is -0.0409. The van der Waals surface area contributed by atoms with E-state index in [9.17, 15) is 4.57 Å². The Morgan fingerprint density at radius 3 is 2.24 bits per heavy atom. The Morgan fingerprint density at radius 2 is 1.71 bits per heavy atom. The fraction of sp³-hybridized carbons (Fsp3) is 0.571. The summed E-state index contributed by atoms with van der Waals surface area (Å²) in [6, 6.07) is 5.31. The number of hydrogen-bond donors (Lipinski definition) is 0. The van der Waals surface area contributed by atoms with Gasteiger partial charge < -0.3 is 23.3 Å². The SMILES string of the molecule is CCOP(=O)(Cc1ccc(OCOC)c(OC)c1)OCC. The zero-order chi connectivity index (χ0) is 15.7. The van der Waals surface area contributed by atoms with Crippen molar-refractivity contribution in [3.8, 4) is 11.5 Å². The van der Waals surface area contributed by atoms with E-state index in [1.165, 1.54) is 0 Å². The highest BCUT2D eigenvalue weighted by Crippen LogP contribution is 2.51. The maximum absolute atomic E-state index is 12.5. The molecular formula is C14H23O6P. The summed E-state index contributed by atoms with van der Waals surface area (Å²) < 4.78 is 38.6. The third kappa shape index (κ3) is 5.67. The maximum atomic E-state index is 12.5. The molecule has 0 amide bonds. The average Bonchev–Trinajstić information content (AvgIpc) is 2.46. The fourth-order valence-electron chi connectivity index (χ4n) is 1.80. The third-order valence-corrected chi connectivity index (χ3v) is 4.64. The summed E-state index contributed by atoms with van der Waals surface area (Å²) in [5.41, 5.74) is 0.793. The van der Waals surface area contributed by atoms with Crippen LogP contribution in [0.3, 0.4) is 0 Å². The van der Waals surface area contributed by atoms with Crippen molar-refractivity contribution in [1.82, 2.24) is 0 Å². The molecule has 0 saturated heterocycles. The molecule has 0 heterocycles. The van der Waals surface area contributed by atoms with Crippen molar-refractivity contribution in [3.63, 3.8) is 0 Å². The molecule has 0 bridgehead atoms. The average molecular weight is 318 g/mol. The van der Waals surface area contributed by atoms with E-state index in [1.807, 2.05) is 0 Å². The Kier molecular flexibility index (Phi) is 7.75. The molecule has 0 spiro atoms. The predicted octanol–water partition coefficient (Wildman–Crippen LogP) is 3.44. The topological polar surface area (TPSA) is 63.2 Å². The van der Waals surface area contributed by atoms with Crippen LogP contribution in [0.5, 0.6) is 11.5 Å². The number of hydrogen-bond acceptors (Lipinski definition) is 6. The molecule has 1 aromatic carbocycles. The minimum atomic E-state index is -3.13. The lowest BCUT2D eigenvalue weighted by atomic mass is 10.2. The van der Waals surface area contributed by atoms with E-state index in [0.29, 0.717) is 24.7 Å². The number of benzene rings is 1. The van der Waals surface area contributed by atoms with Crippen molar-refractivity contribution in [2.75, 3.05) is 34.2 Å². The molecule has 7 heteroatoms. The lowest BCUT2D eigenvalue weighted by Crippen LogP contribution is -2.02. The van der Waals surface area contributed by atoms with Gasteiger partial charge >= 0.3 is 7.60 Å². The van der Waals surface area contributed by atoms with Gasteiger partial charge in [-0.2, -0.15) is 0 Å². The van der Waals surface area contributed by atoms with Crippen LogP contribution in [0.2, 0.25) is 0 Å². The molecule has 21 heavy (non-hydrogen) atoms. The number of ether oxygens (including phenoxy) is 3. The molecule has 1 aromatic rings. The van der Waals surface area contributed by atoms with Crippen LogP contribution < -0.4 is 9.47 Å². The molecule has 0 fully saturated rings. The number of methoxy groups -OCH3 is 2. The van der Waals surface area contributed by atoms with Gasteiger partial charge in [0.05, 0.1) is 26.5 Å². The number of rotatable bonds is 10. The van der Waals surface area contributed by atoms with Crippen molar-refractivity contribution in [3.05, 3.63) is 23.8 Å². The second-order valence-corrected chi connectivity index (χ2v) is 6.20. The molecule has 0 aliphatic carbocycles. The summed E-state index contributed by atoms with van der Waals surface area (Å²) in [6.45, 7) is 4.38. The van der Waals surface area contributed by atoms with E-state index in [-0.39, 0.29) is 13.0 Å². The molecule has 0 unspecified atom stereocenters. The van der Waals surface area contributed by atoms with Gasteiger partial charge in [-0.05, 0) is 31.5 Å². The largest absolute Gasteiger partial charge is 0.493 e. The minimum absolute atomic E-state index is 0.131. The van der Waals surface area contributed by atoms with Gasteiger partial charge in [0.25, 0.3) is 0 Å². The van der Waals surface area contributed by atoms with E-state index in [0.717, 1.165) is 5.56 Å². The smallest absolute Gasteiger partial charge is 0.335 e. The van der Waals surface area contributed by atoms with Crippen LogP contribution in [0.25, 0.3) is 0 Å². The van der Waals surface area contributed by atoms with Crippen LogP contribution in [-0.4, -0.2) is 34.2 Å². The summed E-state index contributed by atoms with van der Waals surface area (Å²) >= 11 is 0. The zero-order valence-corrected chi connectivity index (χ0v) is 13.9. The van der Waals surface area contributed by atoms with Gasteiger partial charge in [0.15, 0.2) is 18.3 Å². The van der Waals surface area contributed by atoms with Crippen molar-refractivity contribution in [2.24, 2.45) is 0 Å². The van der Waals surface area contributed by atoms with Crippen LogP contribution in [0.15, 0.2) is 18.2 Å². The van der Waals surface area contributed by atoms with E-state index in [2.05, 4.69) is 0 Å². The molecule has 1 rings (SSSR count). The van der Waals surface area contributed by atoms with Crippen molar-refractivity contribution < 1.29 is 27.8 Å². The Morgan fingerprint density at radius 1 is 1.05 bits per heavy atom. The first-order valence-electron chi connectivity index (χ1n) is 6.75. The van der Waals surface area contributed by atoms with Crippen LogP contribution in [0, 0.1) is 0 Å². The predicted molar refractivity (Wildman–Crippen MR) is 80.1 cm³/mol. The molecule has 0 saturated carbocycles. The second kappa shape index (κ2) is 9.05. The van der Waals surface area contributed by atoms with Crippen LogP contribution in [0.4, 0.5) is 0 Å². The molecule has 6 nitrogen and oxygen atoms in total. The quantitative estimate of drug-likeness (QED) is 0.486. The first-order chi connectivity index (χ1) is 10.1. The van der Waals surface area contributed by atoms with E-state index in [4.69, 9.17) is 23.3 Å².